The van der Waals surface area contributed by atoms with Crippen molar-refractivity contribution in [1.29, 1.82) is 0 Å². The smallest absolute Gasteiger partial charge is 0.0567 e. The highest BCUT2D eigenvalue weighted by molar-refractivity contribution is 8.01. The Morgan fingerprint density at radius 3 is 2.69 bits per heavy atom. The van der Waals surface area contributed by atoms with Gasteiger partial charge in [-0.05, 0) is 48.4 Å². The van der Waals surface area contributed by atoms with Gasteiger partial charge in [0.2, 0.25) is 0 Å². The molecule has 3 rings (SSSR count). The minimum Gasteiger partial charge on any atom is -0.395 e. The van der Waals surface area contributed by atoms with Crippen molar-refractivity contribution in [2.24, 2.45) is 11.8 Å². The number of rotatable bonds is 10. The van der Waals surface area contributed by atoms with Crippen LogP contribution >= 0.6 is 0 Å². The lowest BCUT2D eigenvalue weighted by Crippen LogP contribution is -2.30. The zero-order chi connectivity index (χ0) is 18.8. The van der Waals surface area contributed by atoms with Crippen LogP contribution in [0.15, 0.2) is 24.3 Å². The molecule has 3 unspecified atom stereocenters. The lowest BCUT2D eigenvalue weighted by atomic mass is 9.92. The molecule has 0 amide bonds. The summed E-state index contributed by atoms with van der Waals surface area (Å²) in [6, 6.07) is 8.30. The predicted molar refractivity (Wildman–Crippen MR) is 112 cm³/mol. The van der Waals surface area contributed by atoms with E-state index in [1.54, 1.807) is 0 Å². The number of aliphatic hydroxyl groups is 1. The Hall–Kier alpha value is -1.04. The number of unbranched alkanes of at least 4 members (excludes halogenated alkanes) is 3. The number of hydrogen-bond acceptors (Lipinski definition) is 3. The molecule has 0 bridgehead atoms. The Kier molecular flexibility index (Phi) is 6.00. The van der Waals surface area contributed by atoms with Gasteiger partial charge in [0.15, 0.2) is 0 Å². The first-order valence-corrected chi connectivity index (χ1v) is 11.9. The molecule has 4 nitrogen and oxygen atoms in total. The summed E-state index contributed by atoms with van der Waals surface area (Å²) in [5.74, 6) is 5.38. The van der Waals surface area contributed by atoms with Gasteiger partial charge in [-0.25, -0.2) is 4.21 Å². The molecule has 1 saturated carbocycles. The SMILES string of the molecule is C=S(=O)(CCO)Nc1cccc(C2(C)C3CN(CCCCCC)CC32)c1. The van der Waals surface area contributed by atoms with Crippen molar-refractivity contribution in [3.8, 4) is 0 Å². The fourth-order valence-electron chi connectivity index (χ4n) is 4.67. The van der Waals surface area contributed by atoms with Gasteiger partial charge >= 0.3 is 0 Å². The summed E-state index contributed by atoms with van der Waals surface area (Å²) < 4.78 is 15.3. The molecular weight excluding hydrogens is 344 g/mol. The molecule has 2 N–H and O–H groups in total. The monoisotopic (exact) mass is 378 g/mol. The first kappa shape index (κ1) is 19.7. The van der Waals surface area contributed by atoms with Crippen molar-refractivity contribution in [3.63, 3.8) is 0 Å². The molecule has 1 aromatic carbocycles. The van der Waals surface area contributed by atoms with Gasteiger partial charge in [-0.1, -0.05) is 45.2 Å². The summed E-state index contributed by atoms with van der Waals surface area (Å²) in [6.45, 7) is 8.19. The summed E-state index contributed by atoms with van der Waals surface area (Å²) in [6.07, 6.45) is 5.33. The minimum absolute atomic E-state index is 0.120. The van der Waals surface area contributed by atoms with Crippen molar-refractivity contribution in [3.05, 3.63) is 29.8 Å². The maximum Gasteiger partial charge on any atom is 0.0567 e. The molecule has 2 fully saturated rings. The van der Waals surface area contributed by atoms with E-state index >= 15 is 0 Å². The lowest BCUT2D eigenvalue weighted by molar-refractivity contribution is 0.271. The van der Waals surface area contributed by atoms with Crippen LogP contribution in [0.5, 0.6) is 0 Å². The molecule has 146 valence electrons. The molecule has 26 heavy (non-hydrogen) atoms. The van der Waals surface area contributed by atoms with E-state index in [2.05, 4.69) is 41.5 Å². The Morgan fingerprint density at radius 2 is 2.04 bits per heavy atom. The summed E-state index contributed by atoms with van der Waals surface area (Å²) in [5.41, 5.74) is 2.43. The maximum atomic E-state index is 12.3. The Labute approximate surface area is 159 Å². The molecular formula is C21H34N2O2S. The van der Waals surface area contributed by atoms with Crippen molar-refractivity contribution < 1.29 is 9.32 Å². The van der Waals surface area contributed by atoms with Gasteiger partial charge in [-0.15, -0.1) is 0 Å². The van der Waals surface area contributed by atoms with Crippen LogP contribution in [0.2, 0.25) is 0 Å². The summed E-state index contributed by atoms with van der Waals surface area (Å²) in [5, 5.41) is 9.04. The average Bonchev–Trinajstić information content (AvgIpc) is 2.94. The minimum atomic E-state index is -2.48. The van der Waals surface area contributed by atoms with Crippen molar-refractivity contribution in [1.82, 2.24) is 4.90 Å². The van der Waals surface area contributed by atoms with E-state index in [0.29, 0.717) is 0 Å². The zero-order valence-corrected chi connectivity index (χ0v) is 17.1. The van der Waals surface area contributed by atoms with Crippen LogP contribution in [0.3, 0.4) is 0 Å². The zero-order valence-electron chi connectivity index (χ0n) is 16.2. The maximum absolute atomic E-state index is 12.3. The van der Waals surface area contributed by atoms with E-state index < -0.39 is 9.71 Å². The van der Waals surface area contributed by atoms with Gasteiger partial charge in [-0.2, -0.15) is 0 Å². The van der Waals surface area contributed by atoms with E-state index in [4.69, 9.17) is 5.11 Å². The third-order valence-electron chi connectivity index (χ3n) is 6.36. The molecule has 2 aliphatic rings. The number of anilines is 1. The normalized spacial score (nSPS) is 30.0. The van der Waals surface area contributed by atoms with Crippen LogP contribution in [0, 0.1) is 11.8 Å². The standard InChI is InChI=1S/C21H34N2O2S/c1-4-5-6-7-11-23-15-19-20(16-23)21(19,2)17-9-8-10-18(14-17)22-26(3,25)13-12-24/h8-10,14,19-20,24H,3-7,11-13,15-16H2,1-2H3,(H,22,25). The molecule has 1 aliphatic carbocycles. The highest BCUT2D eigenvalue weighted by atomic mass is 32.2. The van der Waals surface area contributed by atoms with E-state index in [1.807, 2.05) is 12.1 Å². The largest absolute Gasteiger partial charge is 0.395 e. The van der Waals surface area contributed by atoms with Gasteiger partial charge < -0.3 is 14.7 Å². The Balaban J connectivity index is 1.59. The van der Waals surface area contributed by atoms with Gasteiger partial charge in [0, 0.05) is 33.9 Å². The highest BCUT2D eigenvalue weighted by Gasteiger charge is 2.65. The highest BCUT2D eigenvalue weighted by Crippen LogP contribution is 2.63. The van der Waals surface area contributed by atoms with Crippen molar-refractivity contribution in [2.75, 3.05) is 36.7 Å². The molecule has 5 heteroatoms. The number of fused-ring (bicyclic) bond motifs is 1. The molecule has 1 aliphatic heterocycles. The first-order valence-electron chi connectivity index (χ1n) is 9.97. The van der Waals surface area contributed by atoms with Crippen LogP contribution in [0.25, 0.3) is 0 Å². The molecule has 0 aromatic heterocycles. The summed E-state index contributed by atoms with van der Waals surface area (Å²) in [4.78, 5) is 2.64. The van der Waals surface area contributed by atoms with Crippen molar-refractivity contribution in [2.45, 2.75) is 44.9 Å². The van der Waals surface area contributed by atoms with Gasteiger partial charge in [0.25, 0.3) is 0 Å². The van der Waals surface area contributed by atoms with Crippen LogP contribution in [-0.4, -0.2) is 52.1 Å². The Morgan fingerprint density at radius 1 is 1.31 bits per heavy atom. The second-order valence-electron chi connectivity index (χ2n) is 8.24. The summed E-state index contributed by atoms with van der Waals surface area (Å²) in [7, 11) is -2.48. The van der Waals surface area contributed by atoms with Gasteiger partial charge in [-0.3, -0.25) is 0 Å². The predicted octanol–water partition coefficient (Wildman–Crippen LogP) is 3.12. The fourth-order valence-corrected chi connectivity index (χ4v) is 5.62. The molecule has 1 heterocycles. The second-order valence-corrected chi connectivity index (χ2v) is 10.5. The topological polar surface area (TPSA) is 52.6 Å². The number of benzene rings is 1. The lowest BCUT2D eigenvalue weighted by Gasteiger charge is -2.25. The second kappa shape index (κ2) is 7.91. The van der Waals surface area contributed by atoms with Crippen LogP contribution in [-0.2, 0) is 15.1 Å². The van der Waals surface area contributed by atoms with Gasteiger partial charge in [0.1, 0.15) is 0 Å². The van der Waals surface area contributed by atoms with E-state index in [0.717, 1.165) is 17.5 Å². The van der Waals surface area contributed by atoms with Crippen molar-refractivity contribution >= 4 is 21.3 Å². The molecule has 1 saturated heterocycles. The number of likely N-dealkylation sites (tertiary alicyclic amines) is 1. The molecule has 1 aromatic rings. The number of nitrogens with zero attached hydrogens (tertiary/aromatic N) is 1. The average molecular weight is 379 g/mol. The van der Waals surface area contributed by atoms with E-state index in [1.165, 1.54) is 50.9 Å². The Bertz CT molecular complexity index is 704. The molecule has 0 radical (unpaired) electrons. The molecule has 3 atom stereocenters. The number of piperidine rings is 1. The quantitative estimate of drug-likeness (QED) is 0.486. The van der Waals surface area contributed by atoms with Gasteiger partial charge in [0.05, 0.1) is 12.4 Å². The number of aliphatic hydroxyl groups excluding tert-OH is 1. The first-order chi connectivity index (χ1) is 12.4. The number of nitrogens with one attached hydrogen (secondary N) is 1. The van der Waals surface area contributed by atoms with Crippen LogP contribution < -0.4 is 4.72 Å². The van der Waals surface area contributed by atoms with E-state index in [-0.39, 0.29) is 17.8 Å². The third-order valence-corrected chi connectivity index (χ3v) is 7.81. The number of hydrogen-bond donors (Lipinski definition) is 2. The third kappa shape index (κ3) is 4.10. The van der Waals surface area contributed by atoms with E-state index in [9.17, 15) is 4.21 Å². The van der Waals surface area contributed by atoms with Crippen LogP contribution in [0.1, 0.15) is 45.1 Å². The molecule has 0 spiro atoms. The summed E-state index contributed by atoms with van der Waals surface area (Å²) >= 11 is 0. The fraction of sp³-hybridized carbons (Fsp3) is 0.667. The van der Waals surface area contributed by atoms with Crippen LogP contribution in [0.4, 0.5) is 5.69 Å².